The lowest BCUT2D eigenvalue weighted by Crippen LogP contribution is -2.26. The SMILES string of the molecule is CC(N=C(N)c1ccccc1)C1CCC1. The van der Waals surface area contributed by atoms with Gasteiger partial charge in [-0.15, -0.1) is 0 Å². The van der Waals surface area contributed by atoms with Crippen LogP contribution in [0.4, 0.5) is 0 Å². The second-order valence-electron chi connectivity index (χ2n) is 4.31. The Hall–Kier alpha value is -1.31. The van der Waals surface area contributed by atoms with Crippen molar-refractivity contribution in [3.05, 3.63) is 35.9 Å². The van der Waals surface area contributed by atoms with Crippen LogP contribution in [0.5, 0.6) is 0 Å². The minimum atomic E-state index is 0.374. The lowest BCUT2D eigenvalue weighted by Gasteiger charge is -2.29. The Morgan fingerprint density at radius 3 is 2.53 bits per heavy atom. The van der Waals surface area contributed by atoms with E-state index in [1.165, 1.54) is 19.3 Å². The van der Waals surface area contributed by atoms with E-state index < -0.39 is 0 Å². The van der Waals surface area contributed by atoms with Crippen LogP contribution in [-0.4, -0.2) is 11.9 Å². The van der Waals surface area contributed by atoms with Gasteiger partial charge in [0.2, 0.25) is 0 Å². The summed E-state index contributed by atoms with van der Waals surface area (Å²) in [6.45, 7) is 2.17. The number of nitrogens with zero attached hydrogens (tertiary/aromatic N) is 1. The van der Waals surface area contributed by atoms with E-state index in [9.17, 15) is 0 Å². The Morgan fingerprint density at radius 1 is 1.33 bits per heavy atom. The number of amidine groups is 1. The van der Waals surface area contributed by atoms with Crippen molar-refractivity contribution in [2.75, 3.05) is 0 Å². The standard InChI is InChI=1S/C13H18N2/c1-10(11-8-5-9-11)15-13(14)12-6-3-2-4-7-12/h2-4,6-7,10-11H,5,8-9H2,1H3,(H2,14,15). The number of hydrogen-bond acceptors (Lipinski definition) is 1. The first-order valence-corrected chi connectivity index (χ1v) is 5.66. The zero-order valence-corrected chi connectivity index (χ0v) is 9.19. The van der Waals surface area contributed by atoms with Crippen LogP contribution in [0, 0.1) is 5.92 Å². The maximum absolute atomic E-state index is 5.96. The molecular weight excluding hydrogens is 184 g/mol. The monoisotopic (exact) mass is 202 g/mol. The Labute approximate surface area is 91.2 Å². The minimum Gasteiger partial charge on any atom is -0.383 e. The summed E-state index contributed by atoms with van der Waals surface area (Å²) in [5.74, 6) is 1.43. The second-order valence-corrected chi connectivity index (χ2v) is 4.31. The number of benzene rings is 1. The van der Waals surface area contributed by atoms with Gasteiger partial charge in [0.15, 0.2) is 0 Å². The summed E-state index contributed by atoms with van der Waals surface area (Å²) in [6, 6.07) is 10.4. The first-order valence-electron chi connectivity index (χ1n) is 5.66. The highest BCUT2D eigenvalue weighted by Gasteiger charge is 2.23. The summed E-state index contributed by atoms with van der Waals surface area (Å²) in [5, 5.41) is 0. The zero-order chi connectivity index (χ0) is 10.7. The molecule has 1 unspecified atom stereocenters. The molecule has 2 heteroatoms. The molecule has 0 spiro atoms. The number of hydrogen-bond donors (Lipinski definition) is 1. The van der Waals surface area contributed by atoms with Gasteiger partial charge in [-0.2, -0.15) is 0 Å². The zero-order valence-electron chi connectivity index (χ0n) is 9.19. The summed E-state index contributed by atoms with van der Waals surface area (Å²) in [4.78, 5) is 4.56. The van der Waals surface area contributed by atoms with Gasteiger partial charge in [-0.05, 0) is 25.7 Å². The van der Waals surface area contributed by atoms with Gasteiger partial charge in [0.25, 0.3) is 0 Å². The van der Waals surface area contributed by atoms with E-state index in [1.54, 1.807) is 0 Å². The average Bonchev–Trinajstić information content (AvgIpc) is 2.16. The van der Waals surface area contributed by atoms with Crippen LogP contribution in [0.2, 0.25) is 0 Å². The van der Waals surface area contributed by atoms with E-state index in [1.807, 2.05) is 30.3 Å². The van der Waals surface area contributed by atoms with E-state index in [-0.39, 0.29) is 0 Å². The van der Waals surface area contributed by atoms with Crippen LogP contribution in [0.3, 0.4) is 0 Å². The molecule has 1 aromatic rings. The predicted octanol–water partition coefficient (Wildman–Crippen LogP) is 2.58. The molecule has 1 aromatic carbocycles. The van der Waals surface area contributed by atoms with Crippen molar-refractivity contribution in [3.8, 4) is 0 Å². The third-order valence-electron chi connectivity index (χ3n) is 3.24. The molecule has 2 rings (SSSR count). The quantitative estimate of drug-likeness (QED) is 0.593. The molecule has 15 heavy (non-hydrogen) atoms. The Kier molecular flexibility index (Phi) is 3.05. The molecule has 80 valence electrons. The Balaban J connectivity index is 2.06. The number of rotatable bonds is 3. The number of nitrogens with two attached hydrogens (primary N) is 1. The van der Waals surface area contributed by atoms with Crippen LogP contribution in [0.1, 0.15) is 31.7 Å². The second kappa shape index (κ2) is 4.47. The third-order valence-corrected chi connectivity index (χ3v) is 3.24. The summed E-state index contributed by atoms with van der Waals surface area (Å²) in [7, 11) is 0. The average molecular weight is 202 g/mol. The fourth-order valence-electron chi connectivity index (χ4n) is 1.93. The highest BCUT2D eigenvalue weighted by atomic mass is 14.9. The van der Waals surface area contributed by atoms with E-state index in [0.29, 0.717) is 11.9 Å². The van der Waals surface area contributed by atoms with Crippen LogP contribution >= 0.6 is 0 Å². The first-order chi connectivity index (χ1) is 7.27. The van der Waals surface area contributed by atoms with Gasteiger partial charge in [-0.1, -0.05) is 36.8 Å². The van der Waals surface area contributed by atoms with Crippen LogP contribution in [-0.2, 0) is 0 Å². The van der Waals surface area contributed by atoms with Crippen molar-refractivity contribution in [1.29, 1.82) is 0 Å². The summed E-state index contributed by atoms with van der Waals surface area (Å²) >= 11 is 0. The molecule has 2 nitrogen and oxygen atoms in total. The molecule has 0 radical (unpaired) electrons. The lowest BCUT2D eigenvalue weighted by molar-refractivity contribution is 0.274. The van der Waals surface area contributed by atoms with Gasteiger partial charge < -0.3 is 5.73 Å². The molecule has 1 fully saturated rings. The fraction of sp³-hybridized carbons (Fsp3) is 0.462. The van der Waals surface area contributed by atoms with E-state index >= 15 is 0 Å². The summed E-state index contributed by atoms with van der Waals surface area (Å²) in [6.07, 6.45) is 3.98. The maximum Gasteiger partial charge on any atom is 0.125 e. The van der Waals surface area contributed by atoms with Crippen LogP contribution in [0.15, 0.2) is 35.3 Å². The first kappa shape index (κ1) is 10.2. The van der Waals surface area contributed by atoms with Crippen molar-refractivity contribution < 1.29 is 0 Å². The molecule has 0 aliphatic heterocycles. The highest BCUT2D eigenvalue weighted by molar-refractivity contribution is 5.97. The molecule has 0 heterocycles. The van der Waals surface area contributed by atoms with E-state index in [2.05, 4.69) is 11.9 Å². The van der Waals surface area contributed by atoms with Gasteiger partial charge in [-0.25, -0.2) is 0 Å². The predicted molar refractivity (Wildman–Crippen MR) is 64.0 cm³/mol. The normalized spacial score (nSPS) is 19.7. The van der Waals surface area contributed by atoms with Gasteiger partial charge >= 0.3 is 0 Å². The molecule has 1 atom stereocenters. The molecular formula is C13H18N2. The molecule has 0 saturated heterocycles. The maximum atomic E-state index is 5.96. The van der Waals surface area contributed by atoms with Crippen molar-refractivity contribution in [2.24, 2.45) is 16.6 Å². The highest BCUT2D eigenvalue weighted by Crippen LogP contribution is 2.31. The third kappa shape index (κ3) is 2.38. The summed E-state index contributed by atoms with van der Waals surface area (Å²) in [5.41, 5.74) is 6.99. The van der Waals surface area contributed by atoms with Crippen LogP contribution in [0.25, 0.3) is 0 Å². The van der Waals surface area contributed by atoms with Crippen molar-refractivity contribution in [3.63, 3.8) is 0 Å². The molecule has 1 saturated carbocycles. The smallest absolute Gasteiger partial charge is 0.125 e. The van der Waals surface area contributed by atoms with Gasteiger partial charge in [0.05, 0.1) is 6.04 Å². The lowest BCUT2D eigenvalue weighted by atomic mass is 9.80. The molecule has 0 bridgehead atoms. The van der Waals surface area contributed by atoms with Crippen molar-refractivity contribution in [2.45, 2.75) is 32.2 Å². The summed E-state index contributed by atoms with van der Waals surface area (Å²) < 4.78 is 0. The molecule has 1 aliphatic rings. The molecule has 2 N–H and O–H groups in total. The van der Waals surface area contributed by atoms with Gasteiger partial charge in [0, 0.05) is 5.56 Å². The molecule has 1 aliphatic carbocycles. The van der Waals surface area contributed by atoms with Crippen LogP contribution < -0.4 is 5.73 Å². The van der Waals surface area contributed by atoms with Crippen molar-refractivity contribution >= 4 is 5.84 Å². The van der Waals surface area contributed by atoms with Gasteiger partial charge in [0.1, 0.15) is 5.84 Å². The van der Waals surface area contributed by atoms with Gasteiger partial charge in [-0.3, -0.25) is 4.99 Å². The van der Waals surface area contributed by atoms with E-state index in [4.69, 9.17) is 5.73 Å². The molecule has 0 aromatic heterocycles. The Bertz CT molecular complexity index is 339. The Morgan fingerprint density at radius 2 is 2.00 bits per heavy atom. The largest absolute Gasteiger partial charge is 0.383 e. The number of aliphatic imine (C=N–C) groups is 1. The van der Waals surface area contributed by atoms with Crippen molar-refractivity contribution in [1.82, 2.24) is 0 Å². The minimum absolute atomic E-state index is 0.374. The fourth-order valence-corrected chi connectivity index (χ4v) is 1.93. The molecule has 0 amide bonds. The topological polar surface area (TPSA) is 38.4 Å². The van der Waals surface area contributed by atoms with E-state index in [0.717, 1.165) is 11.5 Å².